The summed E-state index contributed by atoms with van der Waals surface area (Å²) in [7, 11) is 1.31. The molecular weight excluding hydrogens is 316 g/mol. The molecule has 2 aliphatic rings. The summed E-state index contributed by atoms with van der Waals surface area (Å²) in [5.41, 5.74) is 0.591. The number of ether oxygens (including phenoxy) is 1. The molecule has 2 atom stereocenters. The Morgan fingerprint density at radius 1 is 1.39 bits per heavy atom. The lowest BCUT2D eigenvalue weighted by Gasteiger charge is -2.37. The van der Waals surface area contributed by atoms with E-state index in [1.54, 1.807) is 18.2 Å². The number of methoxy groups -OCH3 is 1. The number of carbonyl (C=O) groups is 2. The summed E-state index contributed by atoms with van der Waals surface area (Å²) in [5, 5.41) is 6.62. The minimum atomic E-state index is -0.487. The van der Waals surface area contributed by atoms with Crippen molar-refractivity contribution in [1.82, 2.24) is 5.32 Å². The number of anilines is 1. The molecule has 1 amide bonds. The molecule has 23 heavy (non-hydrogen) atoms. The van der Waals surface area contributed by atoms with E-state index in [9.17, 15) is 9.59 Å². The quantitative estimate of drug-likeness (QED) is 0.833. The van der Waals surface area contributed by atoms with E-state index in [0.717, 1.165) is 32.4 Å². The standard InChI is InChI=1S/C17H21ClN2O3/c1-23-15(21)13-6-5-12(8-14(13)18)20-16(22)17-7-3-2-4-11(17)9-19-10-17/h5-6,8,11,19H,2-4,7,9-10H2,1H3,(H,20,22)/t11-,17+/m0/s1. The Kier molecular flexibility index (Phi) is 4.60. The molecule has 0 unspecified atom stereocenters. The zero-order valence-corrected chi connectivity index (χ0v) is 13.9. The average Bonchev–Trinajstić information content (AvgIpc) is 2.99. The summed E-state index contributed by atoms with van der Waals surface area (Å²) < 4.78 is 4.67. The number of nitrogens with one attached hydrogen (secondary N) is 2. The van der Waals surface area contributed by atoms with Gasteiger partial charge in [-0.2, -0.15) is 0 Å². The predicted octanol–water partition coefficient (Wildman–Crippen LogP) is 2.84. The Morgan fingerprint density at radius 3 is 2.96 bits per heavy atom. The first-order valence-corrected chi connectivity index (χ1v) is 8.34. The van der Waals surface area contributed by atoms with Crippen molar-refractivity contribution in [3.05, 3.63) is 28.8 Å². The smallest absolute Gasteiger partial charge is 0.339 e. The molecule has 3 rings (SSSR count). The van der Waals surface area contributed by atoms with Crippen molar-refractivity contribution in [2.45, 2.75) is 25.7 Å². The molecule has 1 aromatic rings. The molecule has 2 N–H and O–H groups in total. The molecule has 1 saturated carbocycles. The van der Waals surface area contributed by atoms with E-state index in [4.69, 9.17) is 11.6 Å². The van der Waals surface area contributed by atoms with Crippen molar-refractivity contribution < 1.29 is 14.3 Å². The van der Waals surface area contributed by atoms with E-state index in [-0.39, 0.29) is 16.3 Å². The maximum Gasteiger partial charge on any atom is 0.339 e. The van der Waals surface area contributed by atoms with Crippen molar-refractivity contribution >= 4 is 29.2 Å². The van der Waals surface area contributed by atoms with E-state index in [1.807, 2.05) is 0 Å². The molecule has 6 heteroatoms. The molecule has 1 saturated heterocycles. The molecule has 2 fully saturated rings. The number of carbonyl (C=O) groups excluding carboxylic acids is 2. The highest BCUT2D eigenvalue weighted by Crippen LogP contribution is 2.44. The lowest BCUT2D eigenvalue weighted by molar-refractivity contribution is -0.128. The van der Waals surface area contributed by atoms with E-state index < -0.39 is 5.97 Å². The molecular formula is C17H21ClN2O3. The van der Waals surface area contributed by atoms with Crippen LogP contribution in [0.1, 0.15) is 36.0 Å². The average molecular weight is 337 g/mol. The highest BCUT2D eigenvalue weighted by Gasteiger charge is 2.49. The second-order valence-corrected chi connectivity index (χ2v) is 6.78. The van der Waals surface area contributed by atoms with Crippen molar-refractivity contribution in [1.29, 1.82) is 0 Å². The zero-order valence-electron chi connectivity index (χ0n) is 13.2. The predicted molar refractivity (Wildman–Crippen MR) is 88.7 cm³/mol. The Balaban J connectivity index is 1.78. The molecule has 124 valence electrons. The van der Waals surface area contributed by atoms with Crippen molar-refractivity contribution in [3.63, 3.8) is 0 Å². The number of hydrogen-bond donors (Lipinski definition) is 2. The molecule has 1 aromatic carbocycles. The van der Waals surface area contributed by atoms with Gasteiger partial charge in [0.25, 0.3) is 0 Å². The van der Waals surface area contributed by atoms with Gasteiger partial charge in [0, 0.05) is 12.2 Å². The minimum Gasteiger partial charge on any atom is -0.465 e. The van der Waals surface area contributed by atoms with Gasteiger partial charge in [0.1, 0.15) is 0 Å². The summed E-state index contributed by atoms with van der Waals surface area (Å²) in [5.74, 6) is -0.0334. The van der Waals surface area contributed by atoms with Crippen molar-refractivity contribution in [2.75, 3.05) is 25.5 Å². The van der Waals surface area contributed by atoms with Crippen molar-refractivity contribution in [3.8, 4) is 0 Å². The first-order valence-electron chi connectivity index (χ1n) is 7.97. The third kappa shape index (κ3) is 2.95. The molecule has 1 aliphatic heterocycles. The van der Waals surface area contributed by atoms with E-state index in [1.165, 1.54) is 13.5 Å². The summed E-state index contributed by atoms with van der Waals surface area (Å²) in [6.45, 7) is 1.65. The molecule has 0 aromatic heterocycles. The SMILES string of the molecule is COC(=O)c1ccc(NC(=O)[C@@]23CCCC[C@H]2CNC3)cc1Cl. The highest BCUT2D eigenvalue weighted by molar-refractivity contribution is 6.34. The summed E-state index contributed by atoms with van der Waals surface area (Å²) in [6, 6.07) is 4.86. The molecule has 1 heterocycles. The highest BCUT2D eigenvalue weighted by atomic mass is 35.5. The fourth-order valence-electron chi connectivity index (χ4n) is 3.81. The maximum atomic E-state index is 12.9. The van der Waals surface area contributed by atoms with Gasteiger partial charge in [-0.1, -0.05) is 24.4 Å². The Hall–Kier alpha value is -1.59. The Labute approximate surface area is 140 Å². The normalized spacial score (nSPS) is 26.4. The van der Waals surface area contributed by atoms with Crippen LogP contribution in [0.4, 0.5) is 5.69 Å². The number of halogens is 1. The number of fused-ring (bicyclic) bond motifs is 1. The van der Waals surface area contributed by atoms with Gasteiger partial charge in [0.15, 0.2) is 0 Å². The topological polar surface area (TPSA) is 67.4 Å². The van der Waals surface area contributed by atoms with Crippen LogP contribution in [0.25, 0.3) is 0 Å². The Morgan fingerprint density at radius 2 is 2.22 bits per heavy atom. The second-order valence-electron chi connectivity index (χ2n) is 6.37. The minimum absolute atomic E-state index is 0.0501. The monoisotopic (exact) mass is 336 g/mol. The number of esters is 1. The van der Waals surface area contributed by atoms with Crippen LogP contribution in [0.2, 0.25) is 5.02 Å². The van der Waals surface area contributed by atoms with Crippen LogP contribution < -0.4 is 10.6 Å². The van der Waals surface area contributed by atoms with Gasteiger partial charge in [-0.3, -0.25) is 4.79 Å². The third-order valence-electron chi connectivity index (χ3n) is 5.12. The van der Waals surface area contributed by atoms with Gasteiger partial charge in [-0.15, -0.1) is 0 Å². The number of amides is 1. The largest absolute Gasteiger partial charge is 0.465 e. The summed E-state index contributed by atoms with van der Waals surface area (Å²) in [4.78, 5) is 24.4. The molecule has 0 spiro atoms. The van der Waals surface area contributed by atoms with Crippen LogP contribution in [-0.2, 0) is 9.53 Å². The number of rotatable bonds is 3. The van der Waals surface area contributed by atoms with Gasteiger partial charge >= 0.3 is 5.97 Å². The van der Waals surface area contributed by atoms with Gasteiger partial charge in [-0.25, -0.2) is 4.79 Å². The van der Waals surface area contributed by atoms with Crippen LogP contribution in [0.5, 0.6) is 0 Å². The van der Waals surface area contributed by atoms with Gasteiger partial charge in [0.05, 0.1) is 23.1 Å². The van der Waals surface area contributed by atoms with Gasteiger partial charge < -0.3 is 15.4 Å². The van der Waals surface area contributed by atoms with Crippen LogP contribution in [-0.4, -0.2) is 32.1 Å². The second kappa shape index (κ2) is 6.49. The lowest BCUT2D eigenvalue weighted by Crippen LogP contribution is -2.44. The van der Waals surface area contributed by atoms with Crippen LogP contribution in [0.15, 0.2) is 18.2 Å². The first-order chi connectivity index (χ1) is 11.1. The summed E-state index contributed by atoms with van der Waals surface area (Å²) in [6.07, 6.45) is 4.31. The van der Waals surface area contributed by atoms with E-state index in [0.29, 0.717) is 17.2 Å². The molecule has 5 nitrogen and oxygen atoms in total. The fraction of sp³-hybridized carbons (Fsp3) is 0.529. The van der Waals surface area contributed by atoms with Gasteiger partial charge in [0.2, 0.25) is 5.91 Å². The van der Waals surface area contributed by atoms with Gasteiger partial charge in [-0.05, 0) is 43.5 Å². The lowest BCUT2D eigenvalue weighted by atomic mass is 9.67. The summed E-state index contributed by atoms with van der Waals surface area (Å²) >= 11 is 6.12. The van der Waals surface area contributed by atoms with Crippen molar-refractivity contribution in [2.24, 2.45) is 11.3 Å². The maximum absolute atomic E-state index is 12.9. The van der Waals surface area contributed by atoms with E-state index in [2.05, 4.69) is 15.4 Å². The van der Waals surface area contributed by atoms with Crippen LogP contribution in [0, 0.1) is 11.3 Å². The third-order valence-corrected chi connectivity index (χ3v) is 5.44. The molecule has 1 aliphatic carbocycles. The van der Waals surface area contributed by atoms with Crippen LogP contribution >= 0.6 is 11.6 Å². The fourth-order valence-corrected chi connectivity index (χ4v) is 4.07. The molecule has 0 radical (unpaired) electrons. The number of benzene rings is 1. The van der Waals surface area contributed by atoms with E-state index >= 15 is 0 Å². The van der Waals surface area contributed by atoms with Crippen LogP contribution in [0.3, 0.4) is 0 Å². The Bertz CT molecular complexity index is 634. The first kappa shape index (κ1) is 16.3. The number of hydrogen-bond acceptors (Lipinski definition) is 4. The zero-order chi connectivity index (χ0) is 16.4. The molecule has 0 bridgehead atoms.